The van der Waals surface area contributed by atoms with Crippen LogP contribution in [0.1, 0.15) is 40.5 Å². The first kappa shape index (κ1) is 12.0. The highest BCUT2D eigenvalue weighted by Crippen LogP contribution is 2.25. The molecular weight excluding hydrogens is 170 g/mol. The van der Waals surface area contributed by atoms with Crippen LogP contribution in [0.2, 0.25) is 0 Å². The zero-order valence-corrected chi connectivity index (χ0v) is 9.36. The van der Waals surface area contributed by atoms with Gasteiger partial charge in [0.15, 0.2) is 0 Å². The van der Waals surface area contributed by atoms with Crippen LogP contribution in [0, 0.1) is 5.41 Å². The van der Waals surface area contributed by atoms with Crippen molar-refractivity contribution in [2.75, 3.05) is 5.88 Å². The largest absolute Gasteiger partial charge is 0.294 e. The van der Waals surface area contributed by atoms with Crippen molar-refractivity contribution < 1.29 is 0 Å². The van der Waals surface area contributed by atoms with Crippen molar-refractivity contribution in [3.05, 3.63) is 0 Å². The molecule has 0 atom stereocenters. The standard InChI is InChI=1S/C10H20ClN/c1-5-10(6-2,7-11)8-12-9(3)4/h8-9H,5-7H2,1-4H3. The molecule has 0 aromatic rings. The lowest BCUT2D eigenvalue weighted by molar-refractivity contribution is 0.448. The third-order valence-corrected chi connectivity index (χ3v) is 2.85. The summed E-state index contributed by atoms with van der Waals surface area (Å²) in [6, 6.07) is 0.380. The molecule has 0 saturated carbocycles. The molecule has 0 aliphatic heterocycles. The summed E-state index contributed by atoms with van der Waals surface area (Å²) >= 11 is 5.92. The highest BCUT2D eigenvalue weighted by molar-refractivity contribution is 6.19. The molecule has 0 unspecified atom stereocenters. The first-order chi connectivity index (χ1) is 5.60. The van der Waals surface area contributed by atoms with E-state index in [1.807, 2.05) is 6.21 Å². The molecular formula is C10H20ClN. The summed E-state index contributed by atoms with van der Waals surface area (Å²) in [5.74, 6) is 0.677. The Balaban J connectivity index is 4.29. The van der Waals surface area contributed by atoms with Gasteiger partial charge in [0, 0.05) is 23.6 Å². The molecule has 0 saturated heterocycles. The van der Waals surface area contributed by atoms with Gasteiger partial charge in [0.25, 0.3) is 0 Å². The molecule has 0 radical (unpaired) electrons. The predicted molar refractivity (Wildman–Crippen MR) is 57.4 cm³/mol. The van der Waals surface area contributed by atoms with E-state index in [-0.39, 0.29) is 5.41 Å². The molecule has 0 aliphatic rings. The predicted octanol–water partition coefficient (Wildman–Crippen LogP) is 3.51. The number of halogens is 1. The number of hydrogen-bond acceptors (Lipinski definition) is 1. The van der Waals surface area contributed by atoms with E-state index >= 15 is 0 Å². The minimum absolute atomic E-state index is 0.131. The van der Waals surface area contributed by atoms with Crippen LogP contribution in [0.15, 0.2) is 4.99 Å². The molecule has 0 bridgehead atoms. The molecule has 0 amide bonds. The van der Waals surface area contributed by atoms with Gasteiger partial charge in [-0.2, -0.15) is 0 Å². The molecule has 1 nitrogen and oxygen atoms in total. The lowest BCUT2D eigenvalue weighted by atomic mass is 9.86. The molecule has 0 fully saturated rings. The lowest BCUT2D eigenvalue weighted by Crippen LogP contribution is -2.23. The van der Waals surface area contributed by atoms with Crippen LogP contribution in [-0.4, -0.2) is 18.1 Å². The van der Waals surface area contributed by atoms with Crippen molar-refractivity contribution in [2.24, 2.45) is 10.4 Å². The second-order valence-corrected chi connectivity index (χ2v) is 3.84. The first-order valence-corrected chi connectivity index (χ1v) is 5.24. The van der Waals surface area contributed by atoms with E-state index in [0.29, 0.717) is 11.9 Å². The van der Waals surface area contributed by atoms with Crippen LogP contribution in [0.3, 0.4) is 0 Å². The van der Waals surface area contributed by atoms with Crippen LogP contribution < -0.4 is 0 Å². The number of aliphatic imine (C=N–C) groups is 1. The molecule has 2 heteroatoms. The zero-order chi connectivity index (χ0) is 9.61. The van der Waals surface area contributed by atoms with Crippen LogP contribution in [-0.2, 0) is 0 Å². The number of nitrogens with zero attached hydrogens (tertiary/aromatic N) is 1. The average molecular weight is 190 g/mol. The van der Waals surface area contributed by atoms with Gasteiger partial charge >= 0.3 is 0 Å². The van der Waals surface area contributed by atoms with E-state index in [4.69, 9.17) is 11.6 Å². The van der Waals surface area contributed by atoms with Crippen molar-refractivity contribution in [3.63, 3.8) is 0 Å². The smallest absolute Gasteiger partial charge is 0.0439 e. The molecule has 0 aromatic carbocycles. The summed E-state index contributed by atoms with van der Waals surface area (Å²) in [6.07, 6.45) is 4.19. The quantitative estimate of drug-likeness (QED) is 0.464. The summed E-state index contributed by atoms with van der Waals surface area (Å²) in [5.41, 5.74) is 0.131. The van der Waals surface area contributed by atoms with Gasteiger partial charge in [-0.3, -0.25) is 4.99 Å². The Morgan fingerprint density at radius 1 is 1.33 bits per heavy atom. The average Bonchev–Trinajstić information content (AvgIpc) is 2.08. The zero-order valence-electron chi connectivity index (χ0n) is 8.60. The Morgan fingerprint density at radius 2 is 1.83 bits per heavy atom. The Kier molecular flexibility index (Phi) is 5.56. The normalized spacial score (nSPS) is 13.2. The van der Waals surface area contributed by atoms with Gasteiger partial charge in [-0.1, -0.05) is 13.8 Å². The topological polar surface area (TPSA) is 12.4 Å². The molecule has 0 N–H and O–H groups in total. The summed E-state index contributed by atoms with van der Waals surface area (Å²) in [4.78, 5) is 4.40. The van der Waals surface area contributed by atoms with E-state index in [9.17, 15) is 0 Å². The third kappa shape index (κ3) is 3.57. The fourth-order valence-electron chi connectivity index (χ4n) is 0.963. The molecule has 0 spiro atoms. The Labute approximate surface area is 81.2 Å². The number of hydrogen-bond donors (Lipinski definition) is 0. The van der Waals surface area contributed by atoms with Crippen LogP contribution in [0.5, 0.6) is 0 Å². The van der Waals surface area contributed by atoms with Crippen molar-refractivity contribution in [2.45, 2.75) is 46.6 Å². The van der Waals surface area contributed by atoms with E-state index < -0.39 is 0 Å². The van der Waals surface area contributed by atoms with Gasteiger partial charge in [-0.05, 0) is 26.7 Å². The van der Waals surface area contributed by atoms with Crippen LogP contribution >= 0.6 is 11.6 Å². The van der Waals surface area contributed by atoms with E-state index in [0.717, 1.165) is 12.8 Å². The van der Waals surface area contributed by atoms with E-state index in [2.05, 4.69) is 32.7 Å². The van der Waals surface area contributed by atoms with Crippen LogP contribution in [0.4, 0.5) is 0 Å². The van der Waals surface area contributed by atoms with Gasteiger partial charge in [0.05, 0.1) is 0 Å². The van der Waals surface area contributed by atoms with E-state index in [1.54, 1.807) is 0 Å². The van der Waals surface area contributed by atoms with Gasteiger partial charge in [0.1, 0.15) is 0 Å². The maximum absolute atomic E-state index is 5.92. The maximum Gasteiger partial charge on any atom is 0.0439 e. The Bertz CT molecular complexity index is 129. The highest BCUT2D eigenvalue weighted by Gasteiger charge is 2.22. The Hall–Kier alpha value is -0.0400. The van der Waals surface area contributed by atoms with Gasteiger partial charge in [-0.15, -0.1) is 11.6 Å². The van der Waals surface area contributed by atoms with E-state index in [1.165, 1.54) is 0 Å². The summed E-state index contributed by atoms with van der Waals surface area (Å²) in [5, 5.41) is 0. The van der Waals surface area contributed by atoms with Gasteiger partial charge in [0.2, 0.25) is 0 Å². The van der Waals surface area contributed by atoms with Crippen LogP contribution in [0.25, 0.3) is 0 Å². The number of rotatable bonds is 5. The molecule has 0 rings (SSSR count). The second kappa shape index (κ2) is 5.58. The highest BCUT2D eigenvalue weighted by atomic mass is 35.5. The monoisotopic (exact) mass is 189 g/mol. The third-order valence-electron chi connectivity index (χ3n) is 2.32. The molecule has 12 heavy (non-hydrogen) atoms. The fraction of sp³-hybridized carbons (Fsp3) is 0.900. The van der Waals surface area contributed by atoms with Crippen molar-refractivity contribution in [3.8, 4) is 0 Å². The Morgan fingerprint density at radius 3 is 2.08 bits per heavy atom. The summed E-state index contributed by atoms with van der Waals surface area (Å²) < 4.78 is 0. The van der Waals surface area contributed by atoms with Gasteiger partial charge < -0.3 is 0 Å². The summed E-state index contributed by atoms with van der Waals surface area (Å²) in [7, 11) is 0. The molecule has 0 aliphatic carbocycles. The SMILES string of the molecule is CCC(C=NC(C)C)(CC)CCl. The van der Waals surface area contributed by atoms with Crippen molar-refractivity contribution in [1.82, 2.24) is 0 Å². The second-order valence-electron chi connectivity index (χ2n) is 3.58. The molecule has 0 heterocycles. The molecule has 72 valence electrons. The fourth-order valence-corrected chi connectivity index (χ4v) is 1.41. The van der Waals surface area contributed by atoms with Gasteiger partial charge in [-0.25, -0.2) is 0 Å². The number of alkyl halides is 1. The molecule has 0 aromatic heterocycles. The lowest BCUT2D eigenvalue weighted by Gasteiger charge is -2.24. The maximum atomic E-state index is 5.92. The summed E-state index contributed by atoms with van der Waals surface area (Å²) in [6.45, 7) is 8.50. The van der Waals surface area contributed by atoms with Crippen molar-refractivity contribution in [1.29, 1.82) is 0 Å². The van der Waals surface area contributed by atoms with Crippen molar-refractivity contribution >= 4 is 17.8 Å². The minimum Gasteiger partial charge on any atom is -0.294 e. The minimum atomic E-state index is 0.131. The first-order valence-electron chi connectivity index (χ1n) is 4.70.